The van der Waals surface area contributed by atoms with E-state index in [0.29, 0.717) is 39.0 Å². The van der Waals surface area contributed by atoms with Crippen molar-refractivity contribution in [2.24, 2.45) is 0 Å². The van der Waals surface area contributed by atoms with Crippen LogP contribution in [0.4, 0.5) is 0 Å². The molecule has 158 valence electrons. The predicted molar refractivity (Wildman–Crippen MR) is 104 cm³/mol. The van der Waals surface area contributed by atoms with Crippen molar-refractivity contribution >= 4 is 17.7 Å². The van der Waals surface area contributed by atoms with E-state index in [-0.39, 0.29) is 30.4 Å². The Morgan fingerprint density at radius 1 is 1.24 bits per heavy atom. The Balaban J connectivity index is 1.53. The summed E-state index contributed by atoms with van der Waals surface area (Å²) >= 11 is 0. The van der Waals surface area contributed by atoms with Gasteiger partial charge in [0.2, 0.25) is 17.7 Å². The van der Waals surface area contributed by atoms with Crippen molar-refractivity contribution in [3.8, 4) is 0 Å². The lowest BCUT2D eigenvalue weighted by molar-refractivity contribution is -0.150. The molecule has 4 rings (SSSR count). The Hall–Kier alpha value is -2.42. The van der Waals surface area contributed by atoms with Gasteiger partial charge in [-0.05, 0) is 25.7 Å². The molecular weight excluding hydrogens is 374 g/mol. The first-order valence-corrected chi connectivity index (χ1v) is 10.4. The molecule has 0 aromatic carbocycles. The van der Waals surface area contributed by atoms with Crippen LogP contribution in [0.25, 0.3) is 0 Å². The zero-order valence-electron chi connectivity index (χ0n) is 17.1. The molecule has 9 nitrogen and oxygen atoms in total. The summed E-state index contributed by atoms with van der Waals surface area (Å²) < 4.78 is 5.10. The van der Waals surface area contributed by atoms with Crippen LogP contribution in [0.3, 0.4) is 0 Å². The summed E-state index contributed by atoms with van der Waals surface area (Å²) in [6.45, 7) is 3.93. The van der Waals surface area contributed by atoms with E-state index in [1.165, 1.54) is 14.0 Å². The van der Waals surface area contributed by atoms with E-state index >= 15 is 0 Å². The third kappa shape index (κ3) is 3.31. The minimum Gasteiger partial charge on any atom is -0.375 e. The summed E-state index contributed by atoms with van der Waals surface area (Å²) in [4.78, 5) is 51.0. The predicted octanol–water partition coefficient (Wildman–Crippen LogP) is 0.269. The van der Waals surface area contributed by atoms with Gasteiger partial charge in [-0.25, -0.2) is 4.98 Å². The van der Waals surface area contributed by atoms with E-state index in [4.69, 9.17) is 4.74 Å². The first-order chi connectivity index (χ1) is 14.0. The van der Waals surface area contributed by atoms with Gasteiger partial charge in [0.1, 0.15) is 12.6 Å². The SMILES string of the molecule is COCC(=O)N1CCc2[nH]cnc2C12CCN(C(=O)[C@@H]1CCCN1C(C)=O)CC2. The van der Waals surface area contributed by atoms with E-state index in [9.17, 15) is 14.4 Å². The van der Waals surface area contributed by atoms with Gasteiger partial charge in [0.15, 0.2) is 0 Å². The lowest BCUT2D eigenvalue weighted by Gasteiger charge is -2.50. The summed E-state index contributed by atoms with van der Waals surface area (Å²) in [6.07, 6.45) is 5.30. The zero-order chi connectivity index (χ0) is 20.6. The van der Waals surface area contributed by atoms with Crippen molar-refractivity contribution in [1.82, 2.24) is 24.7 Å². The number of fused-ring (bicyclic) bond motifs is 2. The highest BCUT2D eigenvalue weighted by molar-refractivity contribution is 5.87. The normalized spacial score (nSPS) is 23.4. The van der Waals surface area contributed by atoms with Crippen molar-refractivity contribution in [3.63, 3.8) is 0 Å². The van der Waals surface area contributed by atoms with Crippen LogP contribution in [-0.4, -0.2) is 88.3 Å². The number of aromatic nitrogens is 2. The van der Waals surface area contributed by atoms with Crippen LogP contribution >= 0.6 is 0 Å². The van der Waals surface area contributed by atoms with E-state index in [2.05, 4.69) is 9.97 Å². The van der Waals surface area contributed by atoms with Crippen LogP contribution in [0.2, 0.25) is 0 Å². The molecule has 1 spiro atoms. The number of carbonyl (C=O) groups excluding carboxylic acids is 3. The van der Waals surface area contributed by atoms with Gasteiger partial charge in [-0.15, -0.1) is 0 Å². The summed E-state index contributed by atoms with van der Waals surface area (Å²) in [5, 5.41) is 0. The Morgan fingerprint density at radius 2 is 2.00 bits per heavy atom. The third-order valence-corrected chi connectivity index (χ3v) is 6.67. The highest BCUT2D eigenvalue weighted by Gasteiger charge is 2.49. The molecule has 3 aliphatic rings. The number of aromatic amines is 1. The molecule has 29 heavy (non-hydrogen) atoms. The van der Waals surface area contributed by atoms with Crippen molar-refractivity contribution in [2.75, 3.05) is 39.9 Å². The molecule has 0 bridgehead atoms. The monoisotopic (exact) mass is 403 g/mol. The smallest absolute Gasteiger partial charge is 0.249 e. The molecule has 0 radical (unpaired) electrons. The average Bonchev–Trinajstić information content (AvgIpc) is 3.38. The number of likely N-dealkylation sites (tertiary alicyclic amines) is 2. The average molecular weight is 403 g/mol. The maximum absolute atomic E-state index is 13.1. The summed E-state index contributed by atoms with van der Waals surface area (Å²) in [7, 11) is 1.53. The molecule has 4 heterocycles. The number of amides is 3. The van der Waals surface area contributed by atoms with Crippen molar-refractivity contribution < 1.29 is 19.1 Å². The minimum atomic E-state index is -0.504. The minimum absolute atomic E-state index is 0.0281. The van der Waals surface area contributed by atoms with Crippen LogP contribution in [-0.2, 0) is 31.1 Å². The van der Waals surface area contributed by atoms with Crippen LogP contribution < -0.4 is 0 Å². The Morgan fingerprint density at radius 3 is 2.69 bits per heavy atom. The van der Waals surface area contributed by atoms with E-state index in [0.717, 1.165) is 30.7 Å². The van der Waals surface area contributed by atoms with Gasteiger partial charge < -0.3 is 24.4 Å². The number of ether oxygens (including phenoxy) is 1. The number of rotatable bonds is 3. The molecule has 1 atom stereocenters. The van der Waals surface area contributed by atoms with Crippen LogP contribution in [0.5, 0.6) is 0 Å². The Bertz CT molecular complexity index is 799. The quantitative estimate of drug-likeness (QED) is 0.781. The highest BCUT2D eigenvalue weighted by atomic mass is 16.5. The zero-order valence-corrected chi connectivity index (χ0v) is 17.1. The summed E-state index contributed by atoms with van der Waals surface area (Å²) in [6, 6.07) is -0.347. The third-order valence-electron chi connectivity index (χ3n) is 6.67. The second-order valence-electron chi connectivity index (χ2n) is 8.19. The van der Waals surface area contributed by atoms with Gasteiger partial charge in [0, 0.05) is 52.3 Å². The topological polar surface area (TPSA) is 98.8 Å². The number of carbonyl (C=O) groups is 3. The molecule has 1 N–H and O–H groups in total. The number of nitrogens with one attached hydrogen (secondary N) is 1. The fourth-order valence-corrected chi connectivity index (χ4v) is 5.26. The highest BCUT2D eigenvalue weighted by Crippen LogP contribution is 2.42. The van der Waals surface area contributed by atoms with E-state index in [1.54, 1.807) is 11.2 Å². The van der Waals surface area contributed by atoms with Crippen LogP contribution in [0.15, 0.2) is 6.33 Å². The number of piperidine rings is 1. The Kier molecular flexibility index (Phi) is 5.33. The standard InChI is InChI=1S/C20H29N5O4/c1-14(26)24-8-3-4-16(24)19(28)23-10-6-20(7-11-23)18-15(21-13-22-18)5-9-25(20)17(27)12-29-2/h13,16H,3-12H2,1-2H3,(H,21,22)/t16-/m0/s1. The second kappa shape index (κ2) is 7.78. The van der Waals surface area contributed by atoms with Gasteiger partial charge in [-0.2, -0.15) is 0 Å². The fraction of sp³-hybridized carbons (Fsp3) is 0.700. The van der Waals surface area contributed by atoms with Gasteiger partial charge >= 0.3 is 0 Å². The van der Waals surface area contributed by atoms with E-state index < -0.39 is 5.54 Å². The lowest BCUT2D eigenvalue weighted by Crippen LogP contribution is -2.60. The van der Waals surface area contributed by atoms with Crippen molar-refractivity contribution in [2.45, 2.75) is 50.6 Å². The lowest BCUT2D eigenvalue weighted by atomic mass is 9.78. The molecule has 1 aromatic heterocycles. The van der Waals surface area contributed by atoms with Gasteiger partial charge in [0.05, 0.1) is 17.6 Å². The molecule has 0 aliphatic carbocycles. The second-order valence-corrected chi connectivity index (χ2v) is 8.19. The van der Waals surface area contributed by atoms with E-state index in [1.807, 2.05) is 9.80 Å². The fourth-order valence-electron chi connectivity index (χ4n) is 5.26. The molecule has 3 amide bonds. The molecule has 9 heteroatoms. The molecule has 0 unspecified atom stereocenters. The number of imidazole rings is 1. The first-order valence-electron chi connectivity index (χ1n) is 10.4. The molecular formula is C20H29N5O4. The summed E-state index contributed by atoms with van der Waals surface area (Å²) in [5.41, 5.74) is 1.49. The number of H-pyrrole nitrogens is 1. The molecule has 2 fully saturated rings. The van der Waals surface area contributed by atoms with Gasteiger partial charge in [-0.3, -0.25) is 14.4 Å². The maximum atomic E-state index is 13.1. The van der Waals surface area contributed by atoms with Crippen molar-refractivity contribution in [3.05, 3.63) is 17.7 Å². The van der Waals surface area contributed by atoms with Gasteiger partial charge in [-0.1, -0.05) is 0 Å². The van der Waals surface area contributed by atoms with Gasteiger partial charge in [0.25, 0.3) is 0 Å². The largest absolute Gasteiger partial charge is 0.375 e. The Labute approximate surface area is 170 Å². The number of methoxy groups -OCH3 is 1. The molecule has 1 aromatic rings. The van der Waals surface area contributed by atoms with Crippen LogP contribution in [0, 0.1) is 0 Å². The summed E-state index contributed by atoms with van der Waals surface area (Å²) in [5.74, 6) is -0.0565. The maximum Gasteiger partial charge on any atom is 0.249 e. The molecule has 2 saturated heterocycles. The number of nitrogens with zero attached hydrogens (tertiary/aromatic N) is 4. The van der Waals surface area contributed by atoms with Crippen molar-refractivity contribution in [1.29, 1.82) is 0 Å². The molecule has 0 saturated carbocycles. The molecule has 3 aliphatic heterocycles. The van der Waals surface area contributed by atoms with Crippen LogP contribution in [0.1, 0.15) is 44.0 Å². The number of hydrogen-bond donors (Lipinski definition) is 1. The first kappa shape index (κ1) is 19.9. The number of hydrogen-bond acceptors (Lipinski definition) is 5.